The van der Waals surface area contributed by atoms with Gasteiger partial charge in [-0.3, -0.25) is 0 Å². The first-order chi connectivity index (χ1) is 26.2. The average molecular weight is 701 g/mol. The van der Waals surface area contributed by atoms with Gasteiger partial charge in [0.2, 0.25) is 0 Å². The average Bonchev–Trinajstić information content (AvgIpc) is 3.52. The van der Waals surface area contributed by atoms with Crippen molar-refractivity contribution in [2.75, 3.05) is 0 Å². The summed E-state index contributed by atoms with van der Waals surface area (Å²) in [4.78, 5) is 0. The van der Waals surface area contributed by atoms with Gasteiger partial charge >= 0.3 is 0 Å². The molecule has 10 rings (SSSR count). The fraction of sp³-hybridized carbons (Fsp3) is 0.0204. The Kier molecular flexibility index (Phi) is 7.32. The number of rotatable bonds is 6. The molecule has 0 fully saturated rings. The number of ether oxygens (including phenoxy) is 2. The Morgan fingerprint density at radius 2 is 0.868 bits per heavy atom. The van der Waals surface area contributed by atoms with Crippen LogP contribution in [0.4, 0.5) is 0 Å². The third kappa shape index (κ3) is 4.78. The first-order valence-electron chi connectivity index (χ1n) is 17.9. The SMILES string of the molecule is O=P(c1ccccc1)(c1ccccc1)c1ccccc1-c1ccc2c(c1)Oc1cc3c(cc1O2)C(c1ccccc1)(c1ccccc1)c1ccccc1-3. The van der Waals surface area contributed by atoms with E-state index in [9.17, 15) is 0 Å². The van der Waals surface area contributed by atoms with E-state index >= 15 is 4.57 Å². The van der Waals surface area contributed by atoms with Crippen molar-refractivity contribution in [3.63, 3.8) is 0 Å². The summed E-state index contributed by atoms with van der Waals surface area (Å²) in [5, 5.41) is 2.37. The molecule has 2 aliphatic rings. The van der Waals surface area contributed by atoms with E-state index < -0.39 is 12.6 Å². The second kappa shape index (κ2) is 12.4. The van der Waals surface area contributed by atoms with Crippen LogP contribution in [0.3, 0.4) is 0 Å². The summed E-state index contributed by atoms with van der Waals surface area (Å²) in [6.07, 6.45) is 0. The van der Waals surface area contributed by atoms with Gasteiger partial charge in [-0.15, -0.1) is 0 Å². The van der Waals surface area contributed by atoms with Crippen LogP contribution in [0.25, 0.3) is 22.3 Å². The minimum Gasteiger partial charge on any atom is -0.450 e. The molecule has 0 amide bonds. The van der Waals surface area contributed by atoms with Crippen molar-refractivity contribution < 1.29 is 14.0 Å². The Morgan fingerprint density at radius 3 is 1.51 bits per heavy atom. The first kappa shape index (κ1) is 31.3. The molecular weight excluding hydrogens is 668 g/mol. The standard InChI is InChI=1S/C49H33O3P/c50-53(37-21-9-3-10-22-37,38-23-11-4-12-24-38)48-28-16-14-25-39(48)34-29-30-44-45(31-34)52-46-32-41-40-26-13-15-27-42(40)49(35-17-5-1-6-18-35,36-19-7-2-8-20-36)43(41)33-47(46)51-44/h1-33H. The van der Waals surface area contributed by atoms with E-state index in [1.165, 1.54) is 22.3 Å². The topological polar surface area (TPSA) is 35.5 Å². The lowest BCUT2D eigenvalue weighted by Gasteiger charge is -2.34. The van der Waals surface area contributed by atoms with E-state index in [1.54, 1.807) is 0 Å². The Morgan fingerprint density at radius 1 is 0.377 bits per heavy atom. The molecule has 0 saturated carbocycles. The van der Waals surface area contributed by atoms with Gasteiger partial charge in [-0.05, 0) is 68.8 Å². The molecule has 8 aromatic carbocycles. The van der Waals surface area contributed by atoms with Crippen molar-refractivity contribution in [3.8, 4) is 45.3 Å². The van der Waals surface area contributed by atoms with Crippen LogP contribution < -0.4 is 25.4 Å². The fourth-order valence-corrected chi connectivity index (χ4v) is 11.3. The van der Waals surface area contributed by atoms with Gasteiger partial charge in [0.15, 0.2) is 30.1 Å². The highest BCUT2D eigenvalue weighted by molar-refractivity contribution is 7.85. The lowest BCUT2D eigenvalue weighted by atomic mass is 9.67. The second-order valence-electron chi connectivity index (χ2n) is 13.5. The van der Waals surface area contributed by atoms with Crippen LogP contribution in [0, 0.1) is 0 Å². The van der Waals surface area contributed by atoms with E-state index in [-0.39, 0.29) is 0 Å². The highest BCUT2D eigenvalue weighted by atomic mass is 31.2. The quantitative estimate of drug-likeness (QED) is 0.162. The molecule has 0 spiro atoms. The van der Waals surface area contributed by atoms with Crippen molar-refractivity contribution in [2.45, 2.75) is 5.41 Å². The Labute approximate surface area is 309 Å². The van der Waals surface area contributed by atoms with E-state index in [0.717, 1.165) is 38.2 Å². The normalized spacial score (nSPS) is 13.4. The highest BCUT2D eigenvalue weighted by Crippen LogP contribution is 2.60. The molecule has 8 aromatic rings. The second-order valence-corrected chi connectivity index (χ2v) is 16.3. The van der Waals surface area contributed by atoms with Crippen LogP contribution in [-0.4, -0.2) is 0 Å². The van der Waals surface area contributed by atoms with Crippen LogP contribution in [0.15, 0.2) is 200 Å². The minimum atomic E-state index is -3.24. The van der Waals surface area contributed by atoms with Crippen molar-refractivity contribution in [1.82, 2.24) is 0 Å². The largest absolute Gasteiger partial charge is 0.450 e. The molecule has 0 atom stereocenters. The molecule has 0 radical (unpaired) electrons. The molecule has 1 heterocycles. The molecule has 53 heavy (non-hydrogen) atoms. The van der Waals surface area contributed by atoms with Crippen molar-refractivity contribution >= 4 is 23.1 Å². The van der Waals surface area contributed by atoms with Crippen LogP contribution in [0.1, 0.15) is 22.3 Å². The molecule has 252 valence electrons. The maximum atomic E-state index is 15.5. The third-order valence-corrected chi connectivity index (χ3v) is 13.8. The molecule has 0 unspecified atom stereocenters. The highest BCUT2D eigenvalue weighted by Gasteiger charge is 2.47. The number of benzene rings is 8. The molecule has 4 heteroatoms. The molecule has 0 saturated heterocycles. The summed E-state index contributed by atoms with van der Waals surface area (Å²) in [6.45, 7) is 0. The van der Waals surface area contributed by atoms with Gasteiger partial charge in [0.1, 0.15) is 0 Å². The number of fused-ring (bicyclic) bond motifs is 5. The van der Waals surface area contributed by atoms with Crippen LogP contribution in [-0.2, 0) is 9.98 Å². The van der Waals surface area contributed by atoms with Crippen molar-refractivity contribution in [3.05, 3.63) is 222 Å². The lowest BCUT2D eigenvalue weighted by molar-refractivity contribution is 0.359. The predicted octanol–water partition coefficient (Wildman–Crippen LogP) is 11.3. The molecular formula is C49H33O3P. The Balaban J connectivity index is 1.11. The summed E-state index contributed by atoms with van der Waals surface area (Å²) < 4.78 is 28.9. The summed E-state index contributed by atoms with van der Waals surface area (Å²) in [6, 6.07) is 68.1. The van der Waals surface area contributed by atoms with Gasteiger partial charge in [-0.25, -0.2) is 0 Å². The molecule has 0 aromatic heterocycles. The zero-order chi connectivity index (χ0) is 35.4. The van der Waals surface area contributed by atoms with Gasteiger partial charge in [-0.1, -0.05) is 176 Å². The van der Waals surface area contributed by atoms with Crippen molar-refractivity contribution in [2.24, 2.45) is 0 Å². The maximum absolute atomic E-state index is 15.5. The van der Waals surface area contributed by atoms with Gasteiger partial charge in [0.25, 0.3) is 0 Å². The minimum absolute atomic E-state index is 0.536. The fourth-order valence-electron chi connectivity index (χ4n) is 8.38. The van der Waals surface area contributed by atoms with E-state index in [2.05, 4.69) is 97.1 Å². The van der Waals surface area contributed by atoms with E-state index in [0.29, 0.717) is 23.0 Å². The van der Waals surface area contributed by atoms with E-state index in [4.69, 9.17) is 9.47 Å². The summed E-state index contributed by atoms with van der Waals surface area (Å²) in [5.41, 5.74) is 8.32. The molecule has 1 aliphatic heterocycles. The zero-order valence-corrected chi connectivity index (χ0v) is 29.6. The van der Waals surface area contributed by atoms with E-state index in [1.807, 2.05) is 103 Å². The van der Waals surface area contributed by atoms with Gasteiger partial charge in [-0.2, -0.15) is 0 Å². The molecule has 0 N–H and O–H groups in total. The van der Waals surface area contributed by atoms with Gasteiger partial charge in [0, 0.05) is 15.9 Å². The third-order valence-electron chi connectivity index (χ3n) is 10.7. The smallest absolute Gasteiger partial charge is 0.171 e. The summed E-state index contributed by atoms with van der Waals surface area (Å²) >= 11 is 0. The first-order valence-corrected chi connectivity index (χ1v) is 19.6. The molecule has 1 aliphatic carbocycles. The number of hydrogen-bond acceptors (Lipinski definition) is 3. The predicted molar refractivity (Wildman–Crippen MR) is 215 cm³/mol. The summed E-state index contributed by atoms with van der Waals surface area (Å²) in [5.74, 6) is 2.58. The van der Waals surface area contributed by atoms with Gasteiger partial charge < -0.3 is 14.0 Å². The van der Waals surface area contributed by atoms with Gasteiger partial charge in [0.05, 0.1) is 5.41 Å². The van der Waals surface area contributed by atoms with Crippen LogP contribution >= 0.6 is 7.14 Å². The summed E-state index contributed by atoms with van der Waals surface area (Å²) in [7, 11) is -3.24. The molecule has 3 nitrogen and oxygen atoms in total. The molecule has 0 bridgehead atoms. The number of hydrogen-bond donors (Lipinski definition) is 0. The lowest BCUT2D eigenvalue weighted by Crippen LogP contribution is -2.28. The Bertz CT molecular complexity index is 2610. The monoisotopic (exact) mass is 700 g/mol. The van der Waals surface area contributed by atoms with Crippen molar-refractivity contribution in [1.29, 1.82) is 0 Å². The maximum Gasteiger partial charge on any atom is 0.171 e. The van der Waals surface area contributed by atoms with Crippen LogP contribution in [0.5, 0.6) is 23.0 Å². The van der Waals surface area contributed by atoms with Crippen LogP contribution in [0.2, 0.25) is 0 Å². The Hall–Kier alpha value is -6.41. The zero-order valence-electron chi connectivity index (χ0n) is 28.7.